The normalized spacial score (nSPS) is 21.2. The summed E-state index contributed by atoms with van der Waals surface area (Å²) < 4.78 is 10.4. The van der Waals surface area contributed by atoms with Crippen LogP contribution in [0.3, 0.4) is 0 Å². The van der Waals surface area contributed by atoms with Crippen LogP contribution in [0.2, 0.25) is 0 Å². The van der Waals surface area contributed by atoms with Crippen molar-refractivity contribution in [2.75, 3.05) is 53.1 Å². The van der Waals surface area contributed by atoms with E-state index in [1.165, 1.54) is 12.8 Å². The smallest absolute Gasteiger partial charge is 0.0700 e. The van der Waals surface area contributed by atoms with Crippen molar-refractivity contribution in [3.63, 3.8) is 0 Å². The van der Waals surface area contributed by atoms with Gasteiger partial charge in [0.2, 0.25) is 0 Å². The summed E-state index contributed by atoms with van der Waals surface area (Å²) in [6.45, 7) is 8.64. The number of hydrogen-bond acceptors (Lipinski definition) is 4. The first-order valence-corrected chi connectivity index (χ1v) is 6.19. The molecule has 0 amide bonds. The van der Waals surface area contributed by atoms with Gasteiger partial charge in [-0.3, -0.25) is 0 Å². The van der Waals surface area contributed by atoms with Crippen LogP contribution in [-0.4, -0.2) is 58.0 Å². The predicted octanol–water partition coefficient (Wildman–Crippen LogP) is 0.710. The number of likely N-dealkylation sites (tertiary alicyclic amines) is 1. The Morgan fingerprint density at radius 1 is 1.19 bits per heavy atom. The molecule has 4 heteroatoms. The second-order valence-corrected chi connectivity index (χ2v) is 4.96. The van der Waals surface area contributed by atoms with Crippen LogP contribution in [0.25, 0.3) is 0 Å². The molecule has 0 spiro atoms. The zero-order valence-electron chi connectivity index (χ0n) is 10.7. The minimum absolute atomic E-state index is 0.368. The number of ether oxygens (including phenoxy) is 2. The van der Waals surface area contributed by atoms with Gasteiger partial charge in [0.25, 0.3) is 0 Å². The lowest BCUT2D eigenvalue weighted by molar-refractivity contribution is 0.0439. The number of piperidine rings is 1. The van der Waals surface area contributed by atoms with Crippen molar-refractivity contribution >= 4 is 0 Å². The lowest BCUT2D eigenvalue weighted by Crippen LogP contribution is -2.43. The highest BCUT2D eigenvalue weighted by molar-refractivity contribution is 4.82. The fourth-order valence-electron chi connectivity index (χ4n) is 1.96. The van der Waals surface area contributed by atoms with E-state index >= 15 is 0 Å². The summed E-state index contributed by atoms with van der Waals surface area (Å²) in [4.78, 5) is 2.46. The van der Waals surface area contributed by atoms with Gasteiger partial charge in [-0.1, -0.05) is 6.92 Å². The van der Waals surface area contributed by atoms with E-state index in [9.17, 15) is 0 Å². The molecule has 0 aromatic rings. The quantitative estimate of drug-likeness (QED) is 0.654. The van der Waals surface area contributed by atoms with Crippen molar-refractivity contribution in [1.82, 2.24) is 4.90 Å². The van der Waals surface area contributed by atoms with E-state index in [0.717, 1.165) is 32.8 Å². The number of methoxy groups -OCH3 is 1. The summed E-state index contributed by atoms with van der Waals surface area (Å²) in [5.41, 5.74) is 6.15. The maximum Gasteiger partial charge on any atom is 0.0700 e. The fourth-order valence-corrected chi connectivity index (χ4v) is 1.96. The van der Waals surface area contributed by atoms with E-state index in [4.69, 9.17) is 15.2 Å². The topological polar surface area (TPSA) is 47.7 Å². The molecule has 0 saturated carbocycles. The average molecular weight is 230 g/mol. The SMILES string of the molecule is COCCOCCN1CCC(C)(CN)CC1. The van der Waals surface area contributed by atoms with E-state index in [0.29, 0.717) is 18.6 Å². The molecule has 0 bridgehead atoms. The second-order valence-electron chi connectivity index (χ2n) is 4.96. The maximum atomic E-state index is 5.78. The average Bonchev–Trinajstić information content (AvgIpc) is 2.31. The molecule has 1 heterocycles. The molecular weight excluding hydrogens is 204 g/mol. The first-order valence-electron chi connectivity index (χ1n) is 6.19. The lowest BCUT2D eigenvalue weighted by Gasteiger charge is -2.38. The van der Waals surface area contributed by atoms with Crippen molar-refractivity contribution in [2.45, 2.75) is 19.8 Å². The molecule has 1 aliphatic rings. The van der Waals surface area contributed by atoms with E-state index in [2.05, 4.69) is 11.8 Å². The van der Waals surface area contributed by atoms with Crippen LogP contribution < -0.4 is 5.73 Å². The molecule has 1 aliphatic heterocycles. The summed E-state index contributed by atoms with van der Waals surface area (Å²) in [5, 5.41) is 0. The van der Waals surface area contributed by atoms with Crippen LogP contribution in [0.5, 0.6) is 0 Å². The van der Waals surface area contributed by atoms with Gasteiger partial charge >= 0.3 is 0 Å². The third-order valence-electron chi connectivity index (χ3n) is 3.54. The van der Waals surface area contributed by atoms with Gasteiger partial charge in [0.05, 0.1) is 19.8 Å². The number of hydrogen-bond donors (Lipinski definition) is 1. The fraction of sp³-hybridized carbons (Fsp3) is 1.00. The van der Waals surface area contributed by atoms with Crippen LogP contribution in [0.1, 0.15) is 19.8 Å². The Morgan fingerprint density at radius 2 is 1.88 bits per heavy atom. The highest BCUT2D eigenvalue weighted by Gasteiger charge is 2.28. The van der Waals surface area contributed by atoms with Gasteiger partial charge < -0.3 is 20.1 Å². The first kappa shape index (κ1) is 13.9. The van der Waals surface area contributed by atoms with Gasteiger partial charge in [-0.15, -0.1) is 0 Å². The Hall–Kier alpha value is -0.160. The summed E-state index contributed by atoms with van der Waals surface area (Å²) in [6, 6.07) is 0. The van der Waals surface area contributed by atoms with E-state index in [-0.39, 0.29) is 0 Å². The highest BCUT2D eigenvalue weighted by atomic mass is 16.5. The highest BCUT2D eigenvalue weighted by Crippen LogP contribution is 2.28. The van der Waals surface area contributed by atoms with Crippen molar-refractivity contribution in [2.24, 2.45) is 11.1 Å². The molecule has 2 N–H and O–H groups in total. The zero-order chi connectivity index (χ0) is 11.9. The van der Waals surface area contributed by atoms with Gasteiger partial charge in [0, 0.05) is 13.7 Å². The summed E-state index contributed by atoms with van der Waals surface area (Å²) >= 11 is 0. The monoisotopic (exact) mass is 230 g/mol. The molecular formula is C12H26N2O2. The van der Waals surface area contributed by atoms with Crippen molar-refractivity contribution in [3.05, 3.63) is 0 Å². The minimum atomic E-state index is 0.368. The van der Waals surface area contributed by atoms with Crippen molar-refractivity contribution in [1.29, 1.82) is 0 Å². The van der Waals surface area contributed by atoms with Gasteiger partial charge in [0.1, 0.15) is 0 Å². The molecule has 4 nitrogen and oxygen atoms in total. The van der Waals surface area contributed by atoms with Gasteiger partial charge in [-0.2, -0.15) is 0 Å². The van der Waals surface area contributed by atoms with Crippen LogP contribution >= 0.6 is 0 Å². The molecule has 0 atom stereocenters. The Balaban J connectivity index is 2.04. The molecule has 0 unspecified atom stereocenters. The van der Waals surface area contributed by atoms with E-state index in [1.54, 1.807) is 7.11 Å². The van der Waals surface area contributed by atoms with Crippen LogP contribution in [-0.2, 0) is 9.47 Å². The Kier molecular flexibility index (Phi) is 6.28. The summed E-state index contributed by atoms with van der Waals surface area (Å²) in [5.74, 6) is 0. The largest absolute Gasteiger partial charge is 0.382 e. The summed E-state index contributed by atoms with van der Waals surface area (Å²) in [7, 11) is 1.70. The third kappa shape index (κ3) is 4.78. The molecule has 0 radical (unpaired) electrons. The molecule has 0 aromatic heterocycles. The first-order chi connectivity index (χ1) is 7.70. The molecule has 0 aliphatic carbocycles. The predicted molar refractivity (Wildman–Crippen MR) is 65.5 cm³/mol. The molecule has 0 aromatic carbocycles. The molecule has 1 fully saturated rings. The number of rotatable bonds is 7. The molecule has 1 rings (SSSR count). The Bertz CT molecular complexity index is 180. The van der Waals surface area contributed by atoms with Crippen molar-refractivity contribution in [3.8, 4) is 0 Å². The second kappa shape index (κ2) is 7.22. The Labute approximate surface area is 99.1 Å². The van der Waals surface area contributed by atoms with Crippen LogP contribution in [0.15, 0.2) is 0 Å². The Morgan fingerprint density at radius 3 is 2.44 bits per heavy atom. The van der Waals surface area contributed by atoms with E-state index < -0.39 is 0 Å². The maximum absolute atomic E-state index is 5.78. The van der Waals surface area contributed by atoms with E-state index in [1.807, 2.05) is 0 Å². The van der Waals surface area contributed by atoms with Crippen LogP contribution in [0.4, 0.5) is 0 Å². The minimum Gasteiger partial charge on any atom is -0.382 e. The number of nitrogens with zero attached hydrogens (tertiary/aromatic N) is 1. The zero-order valence-corrected chi connectivity index (χ0v) is 10.7. The molecule has 96 valence electrons. The molecule has 1 saturated heterocycles. The molecule has 16 heavy (non-hydrogen) atoms. The third-order valence-corrected chi connectivity index (χ3v) is 3.54. The standard InChI is InChI=1S/C12H26N2O2/c1-12(11-13)3-5-14(6-4-12)7-8-16-10-9-15-2/h3-11,13H2,1-2H3. The van der Waals surface area contributed by atoms with Gasteiger partial charge in [0.15, 0.2) is 0 Å². The van der Waals surface area contributed by atoms with Crippen molar-refractivity contribution < 1.29 is 9.47 Å². The summed E-state index contributed by atoms with van der Waals surface area (Å²) in [6.07, 6.45) is 2.42. The van der Waals surface area contributed by atoms with Crippen LogP contribution in [0, 0.1) is 5.41 Å². The van der Waals surface area contributed by atoms with Gasteiger partial charge in [-0.05, 0) is 37.9 Å². The van der Waals surface area contributed by atoms with Gasteiger partial charge in [-0.25, -0.2) is 0 Å². The number of nitrogens with two attached hydrogens (primary N) is 1. The lowest BCUT2D eigenvalue weighted by atomic mass is 9.80.